The Balaban J connectivity index is 0.00000225. The minimum absolute atomic E-state index is 0. The van der Waals surface area contributed by atoms with E-state index in [1.807, 2.05) is 24.3 Å². The number of ether oxygens (including phenoxy) is 1. The highest BCUT2D eigenvalue weighted by Crippen LogP contribution is 2.10. The van der Waals surface area contributed by atoms with Crippen molar-refractivity contribution in [2.75, 3.05) is 12.5 Å². The highest BCUT2D eigenvalue weighted by atomic mass is 35.5. The van der Waals surface area contributed by atoms with E-state index in [0.29, 0.717) is 6.42 Å². The molecule has 6 heteroatoms. The van der Waals surface area contributed by atoms with Crippen molar-refractivity contribution < 1.29 is 9.53 Å². The van der Waals surface area contributed by atoms with Crippen molar-refractivity contribution in [3.05, 3.63) is 29.8 Å². The standard InChI is InChI=1S/C10H15N3O2.ClH/c1-15-10(14)9(11)6-7-3-2-4-8(5-7)13-12;/h2-5,9,13H,6,11-12H2,1H3;1H/t9-;/m1./s1. The molecule has 90 valence electrons. The van der Waals surface area contributed by atoms with Gasteiger partial charge >= 0.3 is 5.97 Å². The largest absolute Gasteiger partial charge is 0.468 e. The number of nitrogens with one attached hydrogen (secondary N) is 1. The maximum Gasteiger partial charge on any atom is 0.322 e. The normalized spacial score (nSPS) is 11.2. The van der Waals surface area contributed by atoms with Crippen LogP contribution in [-0.4, -0.2) is 19.1 Å². The van der Waals surface area contributed by atoms with Gasteiger partial charge in [-0.3, -0.25) is 10.6 Å². The number of nitrogen functional groups attached to an aromatic ring is 1. The van der Waals surface area contributed by atoms with Gasteiger partial charge in [0.25, 0.3) is 0 Å². The maximum atomic E-state index is 11.1. The molecule has 0 bridgehead atoms. The van der Waals surface area contributed by atoms with Crippen molar-refractivity contribution in [1.82, 2.24) is 0 Å². The summed E-state index contributed by atoms with van der Waals surface area (Å²) in [6, 6.07) is 6.75. The van der Waals surface area contributed by atoms with Gasteiger partial charge in [-0.05, 0) is 24.1 Å². The Morgan fingerprint density at radius 3 is 2.81 bits per heavy atom. The monoisotopic (exact) mass is 245 g/mol. The molecule has 0 aliphatic carbocycles. The first-order valence-corrected chi connectivity index (χ1v) is 4.56. The lowest BCUT2D eigenvalue weighted by molar-refractivity contribution is -0.142. The van der Waals surface area contributed by atoms with Crippen molar-refractivity contribution in [2.24, 2.45) is 11.6 Å². The SMILES string of the molecule is COC(=O)[C@H](N)Cc1cccc(NN)c1.Cl. The van der Waals surface area contributed by atoms with Crippen molar-refractivity contribution in [3.63, 3.8) is 0 Å². The van der Waals surface area contributed by atoms with E-state index in [-0.39, 0.29) is 12.4 Å². The first-order chi connectivity index (χ1) is 7.17. The predicted octanol–water partition coefficient (Wildman–Crippen LogP) is 0.437. The number of carbonyl (C=O) groups is 1. The molecule has 0 aromatic heterocycles. The average Bonchev–Trinajstić information content (AvgIpc) is 2.28. The summed E-state index contributed by atoms with van der Waals surface area (Å²) in [5.74, 6) is 4.85. The third-order valence-electron chi connectivity index (χ3n) is 2.05. The lowest BCUT2D eigenvalue weighted by Gasteiger charge is -2.09. The minimum Gasteiger partial charge on any atom is -0.468 e. The third-order valence-corrected chi connectivity index (χ3v) is 2.05. The van der Waals surface area contributed by atoms with Gasteiger partial charge in [-0.1, -0.05) is 12.1 Å². The number of carbonyl (C=O) groups excluding carboxylic acids is 1. The number of methoxy groups -OCH3 is 1. The summed E-state index contributed by atoms with van der Waals surface area (Å²) >= 11 is 0. The zero-order chi connectivity index (χ0) is 11.3. The Morgan fingerprint density at radius 1 is 1.56 bits per heavy atom. The maximum absolute atomic E-state index is 11.1. The van der Waals surface area contributed by atoms with Crippen LogP contribution in [0, 0.1) is 0 Å². The van der Waals surface area contributed by atoms with Gasteiger partial charge in [0.05, 0.1) is 7.11 Å². The molecule has 16 heavy (non-hydrogen) atoms. The van der Waals surface area contributed by atoms with Crippen molar-refractivity contribution in [3.8, 4) is 0 Å². The molecule has 0 fully saturated rings. The molecule has 0 heterocycles. The Hall–Kier alpha value is -1.30. The molecule has 0 amide bonds. The minimum atomic E-state index is -0.636. The molecule has 1 atom stereocenters. The lowest BCUT2D eigenvalue weighted by Crippen LogP contribution is -2.33. The molecular formula is C10H16ClN3O2. The fraction of sp³-hybridized carbons (Fsp3) is 0.300. The van der Waals surface area contributed by atoms with Crippen LogP contribution in [0.3, 0.4) is 0 Å². The first-order valence-electron chi connectivity index (χ1n) is 4.56. The molecular weight excluding hydrogens is 230 g/mol. The molecule has 0 aliphatic heterocycles. The fourth-order valence-electron chi connectivity index (χ4n) is 1.28. The van der Waals surface area contributed by atoms with Crippen LogP contribution in [0.1, 0.15) is 5.56 Å². The van der Waals surface area contributed by atoms with Gasteiger partial charge in [-0.15, -0.1) is 12.4 Å². The lowest BCUT2D eigenvalue weighted by atomic mass is 10.1. The molecule has 5 nitrogen and oxygen atoms in total. The fourth-order valence-corrected chi connectivity index (χ4v) is 1.28. The van der Waals surface area contributed by atoms with Gasteiger partial charge in [-0.25, -0.2) is 0 Å². The number of hydrazine groups is 1. The van der Waals surface area contributed by atoms with E-state index in [0.717, 1.165) is 11.3 Å². The van der Waals surface area contributed by atoms with Gasteiger partial charge in [0.15, 0.2) is 0 Å². The summed E-state index contributed by atoms with van der Waals surface area (Å²) < 4.78 is 4.54. The second-order valence-corrected chi connectivity index (χ2v) is 3.18. The van der Waals surface area contributed by atoms with Crippen LogP contribution in [0.2, 0.25) is 0 Å². The first kappa shape index (κ1) is 14.7. The molecule has 1 rings (SSSR count). The number of benzene rings is 1. The van der Waals surface area contributed by atoms with Gasteiger partial charge in [0.1, 0.15) is 6.04 Å². The van der Waals surface area contributed by atoms with Crippen LogP contribution in [0.25, 0.3) is 0 Å². The van der Waals surface area contributed by atoms with Crippen molar-refractivity contribution in [1.29, 1.82) is 0 Å². The van der Waals surface area contributed by atoms with Gasteiger partial charge in [0.2, 0.25) is 0 Å². The van der Waals surface area contributed by atoms with E-state index in [4.69, 9.17) is 11.6 Å². The molecule has 0 spiro atoms. The number of rotatable bonds is 4. The second-order valence-electron chi connectivity index (χ2n) is 3.18. The van der Waals surface area contributed by atoms with E-state index in [1.165, 1.54) is 7.11 Å². The van der Waals surface area contributed by atoms with Crippen molar-refractivity contribution in [2.45, 2.75) is 12.5 Å². The molecule has 0 radical (unpaired) electrons. The third kappa shape index (κ3) is 4.06. The molecule has 5 N–H and O–H groups in total. The smallest absolute Gasteiger partial charge is 0.322 e. The number of hydrogen-bond acceptors (Lipinski definition) is 5. The van der Waals surface area contributed by atoms with Crippen LogP contribution < -0.4 is 17.0 Å². The molecule has 1 aromatic rings. The second kappa shape index (κ2) is 7.05. The predicted molar refractivity (Wildman–Crippen MR) is 65.2 cm³/mol. The Bertz CT molecular complexity index is 347. The number of halogens is 1. The highest BCUT2D eigenvalue weighted by Gasteiger charge is 2.13. The summed E-state index contributed by atoms with van der Waals surface area (Å²) in [4.78, 5) is 11.1. The van der Waals surface area contributed by atoms with E-state index >= 15 is 0 Å². The Kier molecular flexibility index (Phi) is 6.48. The van der Waals surface area contributed by atoms with E-state index < -0.39 is 12.0 Å². The van der Waals surface area contributed by atoms with E-state index in [2.05, 4.69) is 10.2 Å². The topological polar surface area (TPSA) is 90.4 Å². The summed E-state index contributed by atoms with van der Waals surface area (Å²) in [6.07, 6.45) is 0.433. The molecule has 0 saturated heterocycles. The summed E-state index contributed by atoms with van der Waals surface area (Å²) in [5.41, 5.74) is 9.87. The summed E-state index contributed by atoms with van der Waals surface area (Å²) in [7, 11) is 1.32. The van der Waals surface area contributed by atoms with Crippen LogP contribution in [0.15, 0.2) is 24.3 Å². The van der Waals surface area contributed by atoms with E-state index in [1.54, 1.807) is 0 Å². The number of nitrogens with two attached hydrogens (primary N) is 2. The summed E-state index contributed by atoms with van der Waals surface area (Å²) in [5, 5.41) is 0. The van der Waals surface area contributed by atoms with Gasteiger partial charge in [0, 0.05) is 5.69 Å². The quantitative estimate of drug-likeness (QED) is 0.407. The number of esters is 1. The molecule has 1 aromatic carbocycles. The molecule has 0 aliphatic rings. The number of anilines is 1. The highest BCUT2D eigenvalue weighted by molar-refractivity contribution is 5.85. The van der Waals surface area contributed by atoms with Gasteiger partial charge in [-0.2, -0.15) is 0 Å². The Morgan fingerprint density at radius 2 is 2.25 bits per heavy atom. The van der Waals surface area contributed by atoms with E-state index in [9.17, 15) is 4.79 Å². The molecule has 0 saturated carbocycles. The van der Waals surface area contributed by atoms with Crippen LogP contribution in [-0.2, 0) is 16.0 Å². The summed E-state index contributed by atoms with van der Waals surface area (Å²) in [6.45, 7) is 0. The average molecular weight is 246 g/mol. The van der Waals surface area contributed by atoms with Gasteiger partial charge < -0.3 is 15.9 Å². The van der Waals surface area contributed by atoms with Crippen molar-refractivity contribution >= 4 is 24.1 Å². The molecule has 0 unspecified atom stereocenters. The zero-order valence-corrected chi connectivity index (χ0v) is 9.79. The number of hydrogen-bond donors (Lipinski definition) is 3. The van der Waals surface area contributed by atoms with Crippen LogP contribution in [0.4, 0.5) is 5.69 Å². The van der Waals surface area contributed by atoms with Crippen LogP contribution in [0.5, 0.6) is 0 Å². The van der Waals surface area contributed by atoms with Crippen LogP contribution >= 0.6 is 12.4 Å². The Labute approximate surface area is 101 Å². The zero-order valence-electron chi connectivity index (χ0n) is 8.97.